The molecule has 2 aromatic rings. The first-order valence-corrected chi connectivity index (χ1v) is 6.80. The Balaban J connectivity index is 2.25. The molecule has 1 aromatic heterocycles. The van der Waals surface area contributed by atoms with Gasteiger partial charge in [-0.05, 0) is 23.9 Å². The largest absolute Gasteiger partial charge is 0.465 e. The lowest BCUT2D eigenvalue weighted by molar-refractivity contribution is -0.126. The number of thiophene rings is 1. The van der Waals surface area contributed by atoms with Crippen molar-refractivity contribution in [3.63, 3.8) is 0 Å². The number of hydrogen-bond donors (Lipinski definition) is 1. The van der Waals surface area contributed by atoms with Gasteiger partial charge in [0.05, 0.1) is 11.4 Å². The first kappa shape index (κ1) is 14.1. The molecule has 1 N–H and O–H groups in total. The molecule has 0 atom stereocenters. The molecule has 102 valence electrons. The van der Waals surface area contributed by atoms with Gasteiger partial charge in [0.25, 0.3) is 0 Å². The Morgan fingerprint density at radius 1 is 1.35 bits per heavy atom. The topological polar surface area (TPSA) is 57.6 Å². The predicted molar refractivity (Wildman–Crippen MR) is 78.9 cm³/mol. The zero-order chi connectivity index (χ0) is 14.7. The molecular formula is C15H13NO3S. The smallest absolute Gasteiger partial charge is 0.414 e. The molecule has 0 aliphatic carbocycles. The molecule has 1 heterocycles. The van der Waals surface area contributed by atoms with E-state index in [0.29, 0.717) is 4.90 Å². The molecule has 0 unspecified atom stereocenters. The van der Waals surface area contributed by atoms with Crippen molar-refractivity contribution < 1.29 is 14.7 Å². The van der Waals surface area contributed by atoms with Crippen LogP contribution in [-0.2, 0) is 4.79 Å². The van der Waals surface area contributed by atoms with Gasteiger partial charge < -0.3 is 5.11 Å². The van der Waals surface area contributed by atoms with Crippen molar-refractivity contribution in [2.75, 3.05) is 6.54 Å². The highest BCUT2D eigenvalue weighted by atomic mass is 32.1. The highest BCUT2D eigenvalue weighted by Crippen LogP contribution is 2.29. The van der Waals surface area contributed by atoms with E-state index < -0.39 is 12.0 Å². The van der Waals surface area contributed by atoms with Gasteiger partial charge in [-0.15, -0.1) is 11.3 Å². The first-order chi connectivity index (χ1) is 9.50. The van der Waals surface area contributed by atoms with Crippen molar-refractivity contribution >= 4 is 33.4 Å². The fourth-order valence-corrected chi connectivity index (χ4v) is 2.89. The van der Waals surface area contributed by atoms with Crippen LogP contribution in [0.1, 0.15) is 17.4 Å². The standard InChI is InChI=1S/C15H13NO3S/c1-10-12-6-3-4-7-14(12)20-13(10)8-5-9-16(11(2)17)15(18)19/h3-4,6-7H,9H2,1-2H3,(H,18,19). The Labute approximate surface area is 120 Å². The van der Waals surface area contributed by atoms with E-state index in [0.717, 1.165) is 20.5 Å². The summed E-state index contributed by atoms with van der Waals surface area (Å²) in [5, 5.41) is 10.0. The van der Waals surface area contributed by atoms with Crippen molar-refractivity contribution in [2.24, 2.45) is 0 Å². The van der Waals surface area contributed by atoms with Gasteiger partial charge in [-0.1, -0.05) is 30.0 Å². The Morgan fingerprint density at radius 3 is 2.65 bits per heavy atom. The van der Waals surface area contributed by atoms with Gasteiger partial charge in [-0.3, -0.25) is 4.79 Å². The molecule has 2 amide bonds. The lowest BCUT2D eigenvalue weighted by atomic mass is 10.1. The molecule has 0 saturated heterocycles. The fourth-order valence-electron chi connectivity index (χ4n) is 1.81. The van der Waals surface area contributed by atoms with Crippen LogP contribution < -0.4 is 0 Å². The second-order valence-corrected chi connectivity index (χ2v) is 5.29. The normalized spacial score (nSPS) is 9.90. The van der Waals surface area contributed by atoms with Crippen LogP contribution in [0.5, 0.6) is 0 Å². The lowest BCUT2D eigenvalue weighted by Gasteiger charge is -2.10. The van der Waals surface area contributed by atoms with E-state index in [1.165, 1.54) is 6.92 Å². The summed E-state index contributed by atoms with van der Waals surface area (Å²) in [5.74, 6) is 5.18. The van der Waals surface area contributed by atoms with E-state index in [1.54, 1.807) is 11.3 Å². The minimum atomic E-state index is -1.28. The molecule has 1 aromatic carbocycles. The van der Waals surface area contributed by atoms with Gasteiger partial charge in [0, 0.05) is 11.6 Å². The van der Waals surface area contributed by atoms with Crippen LogP contribution in [0.4, 0.5) is 4.79 Å². The zero-order valence-corrected chi connectivity index (χ0v) is 12.0. The highest BCUT2D eigenvalue weighted by Gasteiger charge is 2.14. The number of imide groups is 1. The van der Waals surface area contributed by atoms with Crippen molar-refractivity contribution in [2.45, 2.75) is 13.8 Å². The maximum Gasteiger partial charge on any atom is 0.414 e. The second-order valence-electron chi connectivity index (χ2n) is 4.24. The molecule has 0 aliphatic heterocycles. The van der Waals surface area contributed by atoms with Gasteiger partial charge in [0.2, 0.25) is 5.91 Å². The SMILES string of the molecule is CC(=O)N(CC#Cc1sc2ccccc2c1C)C(=O)O. The van der Waals surface area contributed by atoms with E-state index in [2.05, 4.69) is 11.8 Å². The van der Waals surface area contributed by atoms with Crippen LogP contribution in [0.3, 0.4) is 0 Å². The third kappa shape index (κ3) is 2.81. The summed E-state index contributed by atoms with van der Waals surface area (Å²) in [5.41, 5.74) is 1.09. The molecule has 5 heteroatoms. The minimum absolute atomic E-state index is 0.113. The van der Waals surface area contributed by atoms with Gasteiger partial charge in [0.15, 0.2) is 0 Å². The van der Waals surface area contributed by atoms with Crippen LogP contribution in [0.25, 0.3) is 10.1 Å². The van der Waals surface area contributed by atoms with Crippen LogP contribution in [0.2, 0.25) is 0 Å². The average molecular weight is 287 g/mol. The number of hydrogen-bond acceptors (Lipinski definition) is 3. The number of amides is 2. The molecule has 0 spiro atoms. The van der Waals surface area contributed by atoms with Gasteiger partial charge in [-0.25, -0.2) is 9.69 Å². The lowest BCUT2D eigenvalue weighted by Crippen LogP contribution is -2.34. The number of nitrogens with zero attached hydrogens (tertiary/aromatic N) is 1. The summed E-state index contributed by atoms with van der Waals surface area (Å²) in [6.07, 6.45) is -1.28. The van der Waals surface area contributed by atoms with Gasteiger partial charge in [0.1, 0.15) is 0 Å². The zero-order valence-electron chi connectivity index (χ0n) is 11.1. The van der Waals surface area contributed by atoms with Gasteiger partial charge >= 0.3 is 6.09 Å². The Morgan fingerprint density at radius 2 is 2.05 bits per heavy atom. The molecule has 2 rings (SSSR count). The molecule has 0 bridgehead atoms. The maximum absolute atomic E-state index is 11.1. The van der Waals surface area contributed by atoms with E-state index in [-0.39, 0.29) is 6.54 Å². The van der Waals surface area contributed by atoms with Crippen molar-refractivity contribution in [3.8, 4) is 11.8 Å². The van der Waals surface area contributed by atoms with E-state index >= 15 is 0 Å². The highest BCUT2D eigenvalue weighted by molar-refractivity contribution is 7.19. The van der Waals surface area contributed by atoms with Crippen molar-refractivity contribution in [1.29, 1.82) is 0 Å². The predicted octanol–water partition coefficient (Wildman–Crippen LogP) is 3.09. The van der Waals surface area contributed by atoms with Gasteiger partial charge in [-0.2, -0.15) is 0 Å². The summed E-state index contributed by atoms with van der Waals surface area (Å²) in [7, 11) is 0. The van der Waals surface area contributed by atoms with Crippen molar-refractivity contribution in [3.05, 3.63) is 34.7 Å². The minimum Gasteiger partial charge on any atom is -0.465 e. The molecule has 0 radical (unpaired) electrons. The molecule has 0 fully saturated rings. The van der Waals surface area contributed by atoms with Crippen LogP contribution in [-0.4, -0.2) is 28.6 Å². The Hall–Kier alpha value is -2.32. The number of aryl methyl sites for hydroxylation is 1. The quantitative estimate of drug-likeness (QED) is 0.820. The van der Waals surface area contributed by atoms with E-state index in [9.17, 15) is 9.59 Å². The molecule has 20 heavy (non-hydrogen) atoms. The maximum atomic E-state index is 11.1. The average Bonchev–Trinajstić information content (AvgIpc) is 2.71. The van der Waals surface area contributed by atoms with Crippen LogP contribution in [0, 0.1) is 18.8 Å². The summed E-state index contributed by atoms with van der Waals surface area (Å²) in [6, 6.07) is 8.00. The Bertz CT molecular complexity index is 722. The summed E-state index contributed by atoms with van der Waals surface area (Å²) < 4.78 is 1.15. The number of benzene rings is 1. The number of carboxylic acid groups (broad SMARTS) is 1. The number of carbonyl (C=O) groups is 2. The van der Waals surface area contributed by atoms with Crippen LogP contribution in [0.15, 0.2) is 24.3 Å². The molecule has 0 aliphatic rings. The molecular weight excluding hydrogens is 274 g/mol. The Kier molecular flexibility index (Phi) is 4.06. The molecule has 0 saturated carbocycles. The molecule has 4 nitrogen and oxygen atoms in total. The third-order valence-corrected chi connectivity index (χ3v) is 4.08. The fraction of sp³-hybridized carbons (Fsp3) is 0.200. The summed E-state index contributed by atoms with van der Waals surface area (Å²) in [6.45, 7) is 3.08. The number of rotatable bonds is 1. The summed E-state index contributed by atoms with van der Waals surface area (Å²) >= 11 is 1.57. The second kappa shape index (κ2) is 5.76. The third-order valence-electron chi connectivity index (χ3n) is 2.89. The number of fused-ring (bicyclic) bond motifs is 1. The van der Waals surface area contributed by atoms with E-state index in [1.807, 2.05) is 31.2 Å². The summed E-state index contributed by atoms with van der Waals surface area (Å²) in [4.78, 5) is 23.5. The van der Waals surface area contributed by atoms with Crippen molar-refractivity contribution in [1.82, 2.24) is 4.90 Å². The van der Waals surface area contributed by atoms with E-state index in [4.69, 9.17) is 5.11 Å². The monoisotopic (exact) mass is 287 g/mol. The van der Waals surface area contributed by atoms with Crippen LogP contribution >= 0.6 is 11.3 Å². The first-order valence-electron chi connectivity index (χ1n) is 5.98. The number of carbonyl (C=O) groups excluding carboxylic acids is 1.